The zero-order chi connectivity index (χ0) is 17.1. The monoisotopic (exact) mass is 345 g/mol. The molecule has 1 saturated heterocycles. The van der Waals surface area contributed by atoms with Gasteiger partial charge in [0.05, 0.1) is 7.11 Å². The molecule has 1 aromatic heterocycles. The van der Waals surface area contributed by atoms with Gasteiger partial charge in [-0.3, -0.25) is 4.79 Å². The summed E-state index contributed by atoms with van der Waals surface area (Å²) in [6.45, 7) is 2.53. The lowest BCUT2D eigenvalue weighted by molar-refractivity contribution is -0.124. The molecule has 1 N–H and O–H groups in total. The van der Waals surface area contributed by atoms with Crippen LogP contribution >= 0.6 is 11.3 Å². The number of anilines is 1. The third-order valence-electron chi connectivity index (χ3n) is 4.00. The van der Waals surface area contributed by atoms with E-state index in [0.29, 0.717) is 23.6 Å². The fourth-order valence-electron chi connectivity index (χ4n) is 2.86. The van der Waals surface area contributed by atoms with Gasteiger partial charge in [0.25, 0.3) is 5.91 Å². The number of amides is 1. The minimum atomic E-state index is -0.458. The number of aryl methyl sites for hydroxylation is 1. The summed E-state index contributed by atoms with van der Waals surface area (Å²) in [6.07, 6.45) is 1.13. The maximum Gasteiger partial charge on any atom is 0.341 e. The van der Waals surface area contributed by atoms with E-state index in [4.69, 9.17) is 9.47 Å². The molecule has 1 atom stereocenters. The summed E-state index contributed by atoms with van der Waals surface area (Å²) in [5, 5.41) is 3.37. The Labute approximate surface area is 144 Å². The summed E-state index contributed by atoms with van der Waals surface area (Å²) in [7, 11) is 1.34. The maximum absolute atomic E-state index is 12.4. The first-order valence-corrected chi connectivity index (χ1v) is 8.63. The van der Waals surface area contributed by atoms with E-state index in [1.54, 1.807) is 0 Å². The normalized spacial score (nSPS) is 16.8. The van der Waals surface area contributed by atoms with Crippen molar-refractivity contribution in [2.24, 2.45) is 0 Å². The zero-order valence-electron chi connectivity index (χ0n) is 13.6. The second-order valence-electron chi connectivity index (χ2n) is 5.59. The summed E-state index contributed by atoms with van der Waals surface area (Å²) in [6, 6.07) is 9.62. The van der Waals surface area contributed by atoms with Gasteiger partial charge in [0, 0.05) is 17.0 Å². The number of ether oxygens (including phenoxy) is 2. The van der Waals surface area contributed by atoms with Crippen LogP contribution in [0, 0.1) is 6.92 Å². The third-order valence-corrected chi connectivity index (χ3v) is 5.02. The van der Waals surface area contributed by atoms with Crippen LogP contribution in [0.3, 0.4) is 0 Å². The maximum atomic E-state index is 12.4. The molecule has 6 heteroatoms. The van der Waals surface area contributed by atoms with Crippen molar-refractivity contribution in [1.82, 2.24) is 0 Å². The standard InChI is InChI=1S/C18H19NO4S/c1-11-14(12-7-4-3-5-8-12)15(18(21)22-2)17(24-11)19-16(20)13-9-6-10-23-13/h3-5,7-8,13H,6,9-10H2,1-2H3,(H,19,20)/t13-/m0/s1. The van der Waals surface area contributed by atoms with E-state index in [9.17, 15) is 9.59 Å². The van der Waals surface area contributed by atoms with Crippen molar-refractivity contribution in [3.8, 4) is 11.1 Å². The van der Waals surface area contributed by atoms with Gasteiger partial charge in [0.15, 0.2) is 0 Å². The Morgan fingerprint density at radius 1 is 1.29 bits per heavy atom. The van der Waals surface area contributed by atoms with E-state index >= 15 is 0 Å². The third kappa shape index (κ3) is 3.20. The first kappa shape index (κ1) is 16.7. The van der Waals surface area contributed by atoms with Crippen LogP contribution in [0.5, 0.6) is 0 Å². The van der Waals surface area contributed by atoms with E-state index < -0.39 is 12.1 Å². The molecule has 2 heterocycles. The van der Waals surface area contributed by atoms with Gasteiger partial charge < -0.3 is 14.8 Å². The SMILES string of the molecule is COC(=O)c1c(NC(=O)[C@@H]2CCCO2)sc(C)c1-c1ccccc1. The molecule has 5 nitrogen and oxygen atoms in total. The van der Waals surface area contributed by atoms with Crippen molar-refractivity contribution in [2.45, 2.75) is 25.9 Å². The molecule has 1 fully saturated rings. The Hall–Kier alpha value is -2.18. The van der Waals surface area contributed by atoms with Crippen LogP contribution in [0.1, 0.15) is 28.1 Å². The molecule has 1 amide bonds. The molecular formula is C18H19NO4S. The molecule has 0 saturated carbocycles. The first-order valence-electron chi connectivity index (χ1n) is 7.81. The number of carbonyl (C=O) groups excluding carboxylic acids is 2. The zero-order valence-corrected chi connectivity index (χ0v) is 14.4. The molecule has 126 valence electrons. The predicted octanol–water partition coefficient (Wildman–Crippen LogP) is 3.63. The summed E-state index contributed by atoms with van der Waals surface area (Å²) >= 11 is 1.38. The Bertz CT molecular complexity index is 748. The Kier molecular flexibility index (Phi) is 4.97. The van der Waals surface area contributed by atoms with Crippen molar-refractivity contribution >= 4 is 28.2 Å². The van der Waals surface area contributed by atoms with Crippen LogP contribution in [0.2, 0.25) is 0 Å². The van der Waals surface area contributed by atoms with Gasteiger partial charge in [-0.1, -0.05) is 30.3 Å². The molecule has 2 aromatic rings. The lowest BCUT2D eigenvalue weighted by Crippen LogP contribution is -2.27. The molecule has 0 bridgehead atoms. The minimum Gasteiger partial charge on any atom is -0.465 e. The largest absolute Gasteiger partial charge is 0.465 e. The highest BCUT2D eigenvalue weighted by atomic mass is 32.1. The molecule has 1 aromatic carbocycles. The van der Waals surface area contributed by atoms with Gasteiger partial charge in [-0.25, -0.2) is 4.79 Å². The summed E-state index contributed by atoms with van der Waals surface area (Å²) in [5.74, 6) is -0.667. The van der Waals surface area contributed by atoms with E-state index in [0.717, 1.165) is 22.4 Å². The summed E-state index contributed by atoms with van der Waals surface area (Å²) in [4.78, 5) is 25.6. The molecule has 0 spiro atoms. The molecule has 0 unspecified atom stereocenters. The highest BCUT2D eigenvalue weighted by Crippen LogP contribution is 2.40. The van der Waals surface area contributed by atoms with E-state index in [1.807, 2.05) is 37.3 Å². The van der Waals surface area contributed by atoms with Crippen molar-refractivity contribution in [3.05, 3.63) is 40.8 Å². The number of esters is 1. The predicted molar refractivity (Wildman–Crippen MR) is 93.4 cm³/mol. The van der Waals surface area contributed by atoms with Crippen LogP contribution in [-0.2, 0) is 14.3 Å². The van der Waals surface area contributed by atoms with Crippen LogP contribution in [0.4, 0.5) is 5.00 Å². The molecule has 0 radical (unpaired) electrons. The van der Waals surface area contributed by atoms with Crippen molar-refractivity contribution in [2.75, 3.05) is 19.0 Å². The molecule has 1 aliphatic heterocycles. The number of nitrogens with one attached hydrogen (secondary N) is 1. The summed E-state index contributed by atoms with van der Waals surface area (Å²) < 4.78 is 10.4. The first-order chi connectivity index (χ1) is 11.6. The number of methoxy groups -OCH3 is 1. The van der Waals surface area contributed by atoms with Crippen LogP contribution in [0.15, 0.2) is 30.3 Å². The Balaban J connectivity index is 2.00. The average Bonchev–Trinajstić information content (AvgIpc) is 3.23. The second kappa shape index (κ2) is 7.15. The van der Waals surface area contributed by atoms with Crippen molar-refractivity contribution in [1.29, 1.82) is 0 Å². The minimum absolute atomic E-state index is 0.210. The van der Waals surface area contributed by atoms with Crippen LogP contribution < -0.4 is 5.32 Å². The number of hydrogen-bond acceptors (Lipinski definition) is 5. The van der Waals surface area contributed by atoms with E-state index in [2.05, 4.69) is 5.32 Å². The molecule has 1 aliphatic rings. The fourth-order valence-corrected chi connectivity index (χ4v) is 3.93. The molecule has 0 aliphatic carbocycles. The van der Waals surface area contributed by atoms with Gasteiger partial charge in [0.1, 0.15) is 16.7 Å². The topological polar surface area (TPSA) is 64.6 Å². The smallest absolute Gasteiger partial charge is 0.341 e. The highest BCUT2D eigenvalue weighted by molar-refractivity contribution is 7.17. The van der Waals surface area contributed by atoms with Gasteiger partial charge in [0.2, 0.25) is 0 Å². The number of benzene rings is 1. The highest BCUT2D eigenvalue weighted by Gasteiger charge is 2.28. The van der Waals surface area contributed by atoms with Crippen molar-refractivity contribution < 1.29 is 19.1 Å². The van der Waals surface area contributed by atoms with Gasteiger partial charge in [-0.05, 0) is 25.3 Å². The van der Waals surface area contributed by atoms with E-state index in [-0.39, 0.29) is 5.91 Å². The number of rotatable bonds is 4. The van der Waals surface area contributed by atoms with Gasteiger partial charge >= 0.3 is 5.97 Å². The fraction of sp³-hybridized carbons (Fsp3) is 0.333. The van der Waals surface area contributed by atoms with Crippen LogP contribution in [-0.4, -0.2) is 31.7 Å². The number of carbonyl (C=O) groups is 2. The number of thiophene rings is 1. The van der Waals surface area contributed by atoms with E-state index in [1.165, 1.54) is 18.4 Å². The van der Waals surface area contributed by atoms with Crippen molar-refractivity contribution in [3.63, 3.8) is 0 Å². The second-order valence-corrected chi connectivity index (χ2v) is 6.81. The number of hydrogen-bond donors (Lipinski definition) is 1. The molecular weight excluding hydrogens is 326 g/mol. The molecule has 24 heavy (non-hydrogen) atoms. The Morgan fingerprint density at radius 2 is 2.04 bits per heavy atom. The Morgan fingerprint density at radius 3 is 2.67 bits per heavy atom. The quantitative estimate of drug-likeness (QED) is 0.860. The summed E-state index contributed by atoms with van der Waals surface area (Å²) in [5.41, 5.74) is 2.12. The van der Waals surface area contributed by atoms with Crippen LogP contribution in [0.25, 0.3) is 11.1 Å². The average molecular weight is 345 g/mol. The lowest BCUT2D eigenvalue weighted by Gasteiger charge is -2.11. The van der Waals surface area contributed by atoms with Gasteiger partial charge in [-0.15, -0.1) is 11.3 Å². The van der Waals surface area contributed by atoms with Gasteiger partial charge in [-0.2, -0.15) is 0 Å². The molecule has 3 rings (SSSR count). The lowest BCUT2D eigenvalue weighted by atomic mass is 10.0.